The Morgan fingerprint density at radius 1 is 1.03 bits per heavy atom. The molecule has 4 aliphatic heterocycles. The van der Waals surface area contributed by atoms with Crippen molar-refractivity contribution >= 4 is 17.5 Å². The molecule has 5 heterocycles. The lowest BCUT2D eigenvalue weighted by atomic mass is 9.72. The maximum Gasteiger partial charge on any atom is 0.240 e. The van der Waals surface area contributed by atoms with Crippen molar-refractivity contribution in [2.75, 3.05) is 37.7 Å². The summed E-state index contributed by atoms with van der Waals surface area (Å²) in [7, 11) is 0. The number of nitrogens with zero attached hydrogens (tertiary/aromatic N) is 6. The molecule has 2 amide bonds. The molecule has 7 rings (SSSR count). The first-order valence-corrected chi connectivity index (χ1v) is 13.7. The number of carbonyl (C=O) groups excluding carboxylic acids is 2. The number of hydrogen-bond donors (Lipinski definition) is 0. The maximum absolute atomic E-state index is 14.6. The summed E-state index contributed by atoms with van der Waals surface area (Å²) in [5.41, 5.74) is 2.70. The topological polar surface area (TPSA) is 83.8 Å². The van der Waals surface area contributed by atoms with E-state index in [1.54, 1.807) is 0 Å². The third-order valence-electron chi connectivity index (χ3n) is 8.59. The fourth-order valence-electron chi connectivity index (χ4n) is 6.87. The normalized spacial score (nSPS) is 24.9. The Bertz CT molecular complexity index is 1380. The van der Waals surface area contributed by atoms with E-state index in [4.69, 9.17) is 4.74 Å². The second-order valence-corrected chi connectivity index (χ2v) is 10.9. The first-order valence-electron chi connectivity index (χ1n) is 13.7. The van der Waals surface area contributed by atoms with Crippen LogP contribution in [0.2, 0.25) is 0 Å². The van der Waals surface area contributed by atoms with Crippen molar-refractivity contribution in [1.82, 2.24) is 24.8 Å². The number of aryl methyl sites for hydroxylation is 1. The average Bonchev–Trinajstić information content (AvgIpc) is 3.72. The SMILES string of the molecule is O=C(CN1CCCC1)N1CC[C@@]23C(=O)N(Cc4cn(nn4)CCCOc4cccc(c4)[C@H]12)c1ccccc13. The summed E-state index contributed by atoms with van der Waals surface area (Å²) in [6, 6.07) is 15.6. The highest BCUT2D eigenvalue weighted by atomic mass is 16.5. The van der Waals surface area contributed by atoms with E-state index in [2.05, 4.69) is 21.3 Å². The Labute approximate surface area is 222 Å². The summed E-state index contributed by atoms with van der Waals surface area (Å²) >= 11 is 0. The van der Waals surface area contributed by atoms with Crippen LogP contribution in [0.3, 0.4) is 0 Å². The molecule has 38 heavy (non-hydrogen) atoms. The van der Waals surface area contributed by atoms with Gasteiger partial charge in [-0.1, -0.05) is 35.5 Å². The lowest BCUT2D eigenvalue weighted by molar-refractivity contribution is -0.134. The highest BCUT2D eigenvalue weighted by Crippen LogP contribution is 2.57. The Morgan fingerprint density at radius 3 is 2.79 bits per heavy atom. The van der Waals surface area contributed by atoms with Gasteiger partial charge >= 0.3 is 0 Å². The standard InChI is InChI=1S/C29H32N6O3/c36-26(20-32-12-3-4-13-32)34-15-11-29-24-9-1-2-10-25(24)35(28(29)37)19-22-18-33(31-30-22)14-6-16-38-23-8-5-7-21(17-23)27(29)34/h1-2,5,7-10,17-18,27H,3-4,6,11-16,19-20H2/t27-,29-/m0/s1. The van der Waals surface area contributed by atoms with Crippen molar-refractivity contribution in [2.45, 2.75) is 50.2 Å². The van der Waals surface area contributed by atoms with E-state index in [-0.39, 0.29) is 11.8 Å². The third-order valence-corrected chi connectivity index (χ3v) is 8.59. The maximum atomic E-state index is 14.6. The zero-order valence-corrected chi connectivity index (χ0v) is 21.5. The Morgan fingerprint density at radius 2 is 1.89 bits per heavy atom. The minimum Gasteiger partial charge on any atom is -0.494 e. The Hall–Kier alpha value is -3.72. The van der Waals surface area contributed by atoms with Crippen molar-refractivity contribution in [3.8, 4) is 5.75 Å². The van der Waals surface area contributed by atoms with Crippen LogP contribution in [0.25, 0.3) is 0 Å². The Balaban J connectivity index is 1.37. The molecule has 196 valence electrons. The van der Waals surface area contributed by atoms with E-state index in [1.807, 2.05) is 63.1 Å². The van der Waals surface area contributed by atoms with Crippen LogP contribution >= 0.6 is 0 Å². The number of fused-ring (bicyclic) bond motifs is 8. The molecular formula is C29H32N6O3. The number of aromatic nitrogens is 3. The first kappa shape index (κ1) is 23.4. The summed E-state index contributed by atoms with van der Waals surface area (Å²) in [4.78, 5) is 34.5. The van der Waals surface area contributed by atoms with Gasteiger partial charge in [-0.15, -0.1) is 5.10 Å². The van der Waals surface area contributed by atoms with E-state index in [1.165, 1.54) is 0 Å². The predicted molar refractivity (Wildman–Crippen MR) is 141 cm³/mol. The molecule has 0 radical (unpaired) electrons. The number of ether oxygens (including phenoxy) is 1. The fraction of sp³-hybridized carbons (Fsp3) is 0.448. The molecule has 6 bridgehead atoms. The molecule has 1 aromatic heterocycles. The highest BCUT2D eigenvalue weighted by molar-refractivity contribution is 6.09. The van der Waals surface area contributed by atoms with Crippen LogP contribution in [-0.2, 0) is 28.1 Å². The fourth-order valence-corrected chi connectivity index (χ4v) is 6.87. The molecule has 2 aromatic carbocycles. The van der Waals surface area contributed by atoms with Crippen LogP contribution in [0.4, 0.5) is 5.69 Å². The van der Waals surface area contributed by atoms with Crippen LogP contribution in [0.5, 0.6) is 5.75 Å². The number of anilines is 1. The van der Waals surface area contributed by atoms with Gasteiger partial charge in [0.1, 0.15) is 16.9 Å². The lowest BCUT2D eigenvalue weighted by Gasteiger charge is -2.36. The summed E-state index contributed by atoms with van der Waals surface area (Å²) in [5, 5.41) is 8.65. The van der Waals surface area contributed by atoms with Gasteiger partial charge in [-0.2, -0.15) is 0 Å². The molecule has 3 aromatic rings. The smallest absolute Gasteiger partial charge is 0.240 e. The summed E-state index contributed by atoms with van der Waals surface area (Å²) in [6.07, 6.45) is 5.54. The molecule has 2 saturated heterocycles. The number of hydrogen-bond acceptors (Lipinski definition) is 6. The molecule has 0 unspecified atom stereocenters. The van der Waals surface area contributed by atoms with Gasteiger partial charge in [0.25, 0.3) is 0 Å². The molecule has 2 atom stereocenters. The minimum absolute atomic E-state index is 0.0240. The van der Waals surface area contributed by atoms with Crippen LogP contribution in [0, 0.1) is 0 Å². The number of carbonyl (C=O) groups is 2. The van der Waals surface area contributed by atoms with Crippen molar-refractivity contribution in [3.05, 3.63) is 71.5 Å². The molecule has 2 fully saturated rings. The molecule has 0 N–H and O–H groups in total. The van der Waals surface area contributed by atoms with Gasteiger partial charge in [0.2, 0.25) is 11.8 Å². The van der Waals surface area contributed by atoms with Gasteiger partial charge in [-0.3, -0.25) is 19.2 Å². The van der Waals surface area contributed by atoms with Gasteiger partial charge in [-0.05, 0) is 61.7 Å². The summed E-state index contributed by atoms with van der Waals surface area (Å²) in [5.74, 6) is 0.863. The summed E-state index contributed by atoms with van der Waals surface area (Å²) < 4.78 is 7.94. The van der Waals surface area contributed by atoms with Gasteiger partial charge in [0.15, 0.2) is 0 Å². The molecule has 0 aliphatic carbocycles. The van der Waals surface area contributed by atoms with E-state index in [0.717, 1.165) is 60.6 Å². The molecule has 0 saturated carbocycles. The number of benzene rings is 2. The second kappa shape index (κ2) is 9.23. The predicted octanol–water partition coefficient (Wildman–Crippen LogP) is 2.91. The zero-order valence-electron chi connectivity index (χ0n) is 21.5. The van der Waals surface area contributed by atoms with Gasteiger partial charge in [0, 0.05) is 25.2 Å². The van der Waals surface area contributed by atoms with Gasteiger partial charge in [-0.25, -0.2) is 0 Å². The van der Waals surface area contributed by atoms with Crippen molar-refractivity contribution in [3.63, 3.8) is 0 Å². The molecular weight excluding hydrogens is 480 g/mol. The molecule has 4 aliphatic rings. The van der Waals surface area contributed by atoms with Crippen molar-refractivity contribution < 1.29 is 14.3 Å². The zero-order chi connectivity index (χ0) is 25.7. The monoisotopic (exact) mass is 512 g/mol. The molecule has 9 heteroatoms. The van der Waals surface area contributed by atoms with E-state index < -0.39 is 11.5 Å². The molecule has 9 nitrogen and oxygen atoms in total. The lowest BCUT2D eigenvalue weighted by Crippen LogP contribution is -2.47. The largest absolute Gasteiger partial charge is 0.494 e. The van der Waals surface area contributed by atoms with Crippen LogP contribution in [-0.4, -0.2) is 69.4 Å². The number of rotatable bonds is 2. The summed E-state index contributed by atoms with van der Waals surface area (Å²) in [6.45, 7) is 4.41. The van der Waals surface area contributed by atoms with Crippen molar-refractivity contribution in [1.29, 1.82) is 0 Å². The van der Waals surface area contributed by atoms with Gasteiger partial charge < -0.3 is 14.5 Å². The number of amides is 2. The third kappa shape index (κ3) is 3.71. The van der Waals surface area contributed by atoms with E-state index in [0.29, 0.717) is 39.2 Å². The van der Waals surface area contributed by atoms with Crippen LogP contribution in [0.15, 0.2) is 54.7 Å². The van der Waals surface area contributed by atoms with Gasteiger partial charge in [0.05, 0.1) is 31.9 Å². The second-order valence-electron chi connectivity index (χ2n) is 10.9. The van der Waals surface area contributed by atoms with Crippen molar-refractivity contribution in [2.24, 2.45) is 0 Å². The Kier molecular flexibility index (Phi) is 5.69. The first-order chi connectivity index (χ1) is 18.6. The quantitative estimate of drug-likeness (QED) is 0.525. The van der Waals surface area contributed by atoms with E-state index >= 15 is 0 Å². The minimum atomic E-state index is -0.869. The van der Waals surface area contributed by atoms with Crippen LogP contribution < -0.4 is 9.64 Å². The number of para-hydroxylation sites is 1. The number of likely N-dealkylation sites (tertiary alicyclic amines) is 2. The van der Waals surface area contributed by atoms with Crippen LogP contribution in [0.1, 0.15) is 48.5 Å². The average molecular weight is 513 g/mol. The highest BCUT2D eigenvalue weighted by Gasteiger charge is 2.61. The molecule has 1 spiro atoms. The van der Waals surface area contributed by atoms with E-state index in [9.17, 15) is 9.59 Å².